The molecule has 1 aliphatic heterocycles. The predicted octanol–water partition coefficient (Wildman–Crippen LogP) is 0.423. The Labute approximate surface area is 112 Å². The maximum absolute atomic E-state index is 5.66. The van der Waals surface area contributed by atoms with Gasteiger partial charge in [0, 0.05) is 5.92 Å². The van der Waals surface area contributed by atoms with Crippen molar-refractivity contribution in [2.24, 2.45) is 11.8 Å². The lowest BCUT2D eigenvalue weighted by Gasteiger charge is -2.22. The van der Waals surface area contributed by atoms with Gasteiger partial charge in [0.1, 0.15) is 5.69 Å². The van der Waals surface area contributed by atoms with E-state index in [1.54, 1.807) is 13.3 Å². The Morgan fingerprint density at radius 3 is 2.79 bits per heavy atom. The van der Waals surface area contributed by atoms with Crippen LogP contribution < -0.4 is 20.7 Å². The van der Waals surface area contributed by atoms with Crippen LogP contribution in [0.1, 0.15) is 25.1 Å². The largest absolute Gasteiger partial charge is 0.480 e. The van der Waals surface area contributed by atoms with E-state index in [-0.39, 0.29) is 18.1 Å². The van der Waals surface area contributed by atoms with E-state index >= 15 is 0 Å². The lowest BCUT2D eigenvalue weighted by atomic mass is 9.95. The first-order valence-electron chi connectivity index (χ1n) is 6.22. The van der Waals surface area contributed by atoms with Gasteiger partial charge in [0.2, 0.25) is 11.8 Å². The van der Waals surface area contributed by atoms with Crippen molar-refractivity contribution in [1.82, 2.24) is 15.4 Å². The van der Waals surface area contributed by atoms with Crippen LogP contribution in [0.5, 0.6) is 11.8 Å². The summed E-state index contributed by atoms with van der Waals surface area (Å²) in [6.45, 7) is 2.69. The minimum atomic E-state index is -0.154. The van der Waals surface area contributed by atoms with Gasteiger partial charge in [-0.1, -0.05) is 0 Å². The Bertz CT molecular complexity index is 429. The van der Waals surface area contributed by atoms with Gasteiger partial charge >= 0.3 is 0 Å². The number of aromatic nitrogens is 2. The summed E-state index contributed by atoms with van der Waals surface area (Å²) in [7, 11) is 3.09. The fourth-order valence-electron chi connectivity index (χ4n) is 2.35. The number of methoxy groups -OCH3 is 2. The Morgan fingerprint density at radius 2 is 2.26 bits per heavy atom. The van der Waals surface area contributed by atoms with E-state index in [1.165, 1.54) is 7.11 Å². The standard InChI is InChI=1S/C12H20N4O3/c1-7-4-8(6-19-7)10(16-13)11-12(18-3)15-9(17-2)5-14-11/h5,7-8,10,16H,4,6,13H2,1-3H3. The molecule has 2 heterocycles. The maximum Gasteiger partial charge on any atom is 0.240 e. The smallest absolute Gasteiger partial charge is 0.240 e. The number of ether oxygens (including phenoxy) is 3. The minimum absolute atomic E-state index is 0.154. The van der Waals surface area contributed by atoms with Crippen LogP contribution in [0, 0.1) is 5.92 Å². The zero-order valence-corrected chi connectivity index (χ0v) is 11.4. The quantitative estimate of drug-likeness (QED) is 0.590. The van der Waals surface area contributed by atoms with Crippen LogP contribution in [-0.2, 0) is 4.74 Å². The van der Waals surface area contributed by atoms with E-state index in [2.05, 4.69) is 15.4 Å². The fourth-order valence-corrected chi connectivity index (χ4v) is 2.35. The summed E-state index contributed by atoms with van der Waals surface area (Å²) in [5.74, 6) is 6.74. The molecule has 0 saturated carbocycles. The Kier molecular flexibility index (Phi) is 4.52. The summed E-state index contributed by atoms with van der Waals surface area (Å²) >= 11 is 0. The van der Waals surface area contributed by atoms with Crippen molar-refractivity contribution in [1.29, 1.82) is 0 Å². The van der Waals surface area contributed by atoms with Crippen molar-refractivity contribution >= 4 is 0 Å². The van der Waals surface area contributed by atoms with Crippen molar-refractivity contribution in [3.63, 3.8) is 0 Å². The molecule has 1 saturated heterocycles. The molecule has 1 aliphatic rings. The van der Waals surface area contributed by atoms with E-state index < -0.39 is 0 Å². The summed E-state index contributed by atoms with van der Waals surface area (Å²) in [6.07, 6.45) is 2.71. The van der Waals surface area contributed by atoms with E-state index in [0.29, 0.717) is 24.1 Å². The Hall–Kier alpha value is -1.44. The van der Waals surface area contributed by atoms with Gasteiger partial charge < -0.3 is 14.2 Å². The number of hydrogen-bond donors (Lipinski definition) is 2. The molecule has 3 unspecified atom stereocenters. The van der Waals surface area contributed by atoms with Crippen molar-refractivity contribution < 1.29 is 14.2 Å². The molecule has 0 aliphatic carbocycles. The third-order valence-corrected chi connectivity index (χ3v) is 3.32. The van der Waals surface area contributed by atoms with Gasteiger partial charge in [0.05, 0.1) is 39.2 Å². The van der Waals surface area contributed by atoms with Gasteiger partial charge in [0.15, 0.2) is 0 Å². The highest BCUT2D eigenvalue weighted by atomic mass is 16.5. The van der Waals surface area contributed by atoms with Crippen LogP contribution in [0.3, 0.4) is 0 Å². The van der Waals surface area contributed by atoms with E-state index in [1.807, 2.05) is 6.92 Å². The molecular weight excluding hydrogens is 248 g/mol. The van der Waals surface area contributed by atoms with Crippen LogP contribution in [-0.4, -0.2) is 36.9 Å². The predicted molar refractivity (Wildman–Crippen MR) is 68.7 cm³/mol. The third kappa shape index (κ3) is 2.94. The fraction of sp³-hybridized carbons (Fsp3) is 0.667. The highest BCUT2D eigenvalue weighted by Gasteiger charge is 2.33. The normalized spacial score (nSPS) is 24.2. The molecule has 7 nitrogen and oxygen atoms in total. The first-order chi connectivity index (χ1) is 9.19. The molecular formula is C12H20N4O3. The van der Waals surface area contributed by atoms with Crippen LogP contribution in [0.2, 0.25) is 0 Å². The molecule has 1 fully saturated rings. The van der Waals surface area contributed by atoms with Gasteiger partial charge in [0.25, 0.3) is 0 Å². The maximum atomic E-state index is 5.66. The molecule has 0 spiro atoms. The minimum Gasteiger partial charge on any atom is -0.480 e. The van der Waals surface area contributed by atoms with E-state index in [4.69, 9.17) is 20.1 Å². The average molecular weight is 268 g/mol. The summed E-state index contributed by atoms with van der Waals surface area (Å²) in [5.41, 5.74) is 3.46. The van der Waals surface area contributed by atoms with Gasteiger partial charge in [-0.25, -0.2) is 4.98 Å². The van der Waals surface area contributed by atoms with E-state index in [0.717, 1.165) is 6.42 Å². The third-order valence-electron chi connectivity index (χ3n) is 3.32. The molecule has 3 atom stereocenters. The first kappa shape index (κ1) is 14.0. The summed E-state index contributed by atoms with van der Waals surface area (Å²) in [5, 5.41) is 0. The number of nitrogens with two attached hydrogens (primary N) is 1. The van der Waals surface area contributed by atoms with Gasteiger partial charge in [-0.15, -0.1) is 0 Å². The second kappa shape index (κ2) is 6.14. The van der Waals surface area contributed by atoms with Crippen LogP contribution >= 0.6 is 0 Å². The molecule has 7 heteroatoms. The topological polar surface area (TPSA) is 91.5 Å². The highest BCUT2D eigenvalue weighted by molar-refractivity contribution is 5.26. The van der Waals surface area contributed by atoms with Crippen LogP contribution in [0.4, 0.5) is 0 Å². The first-order valence-corrected chi connectivity index (χ1v) is 6.22. The number of rotatable bonds is 5. The summed E-state index contributed by atoms with van der Waals surface area (Å²) in [4.78, 5) is 8.58. The molecule has 2 rings (SSSR count). The number of hydrogen-bond acceptors (Lipinski definition) is 7. The van der Waals surface area contributed by atoms with Crippen molar-refractivity contribution in [3.8, 4) is 11.8 Å². The van der Waals surface area contributed by atoms with Crippen molar-refractivity contribution in [2.75, 3.05) is 20.8 Å². The molecule has 1 aromatic heterocycles. The van der Waals surface area contributed by atoms with Crippen LogP contribution in [0.25, 0.3) is 0 Å². The molecule has 0 radical (unpaired) electrons. The summed E-state index contributed by atoms with van der Waals surface area (Å²) in [6, 6.07) is -0.154. The number of nitrogens with one attached hydrogen (secondary N) is 1. The van der Waals surface area contributed by atoms with Crippen LogP contribution in [0.15, 0.2) is 6.20 Å². The Morgan fingerprint density at radius 1 is 1.47 bits per heavy atom. The lowest BCUT2D eigenvalue weighted by Crippen LogP contribution is -2.35. The van der Waals surface area contributed by atoms with Gasteiger partial charge in [-0.05, 0) is 13.3 Å². The zero-order valence-electron chi connectivity index (χ0n) is 11.4. The number of hydrazine groups is 1. The Balaban J connectivity index is 2.27. The second-order valence-corrected chi connectivity index (χ2v) is 4.59. The molecule has 19 heavy (non-hydrogen) atoms. The molecule has 106 valence electrons. The van der Waals surface area contributed by atoms with Gasteiger partial charge in [-0.2, -0.15) is 4.98 Å². The summed E-state index contributed by atoms with van der Waals surface area (Å²) < 4.78 is 15.9. The van der Waals surface area contributed by atoms with E-state index in [9.17, 15) is 0 Å². The molecule has 1 aromatic rings. The lowest BCUT2D eigenvalue weighted by molar-refractivity contribution is 0.116. The van der Waals surface area contributed by atoms with Crippen molar-refractivity contribution in [2.45, 2.75) is 25.5 Å². The van der Waals surface area contributed by atoms with Crippen molar-refractivity contribution in [3.05, 3.63) is 11.9 Å². The second-order valence-electron chi connectivity index (χ2n) is 4.59. The number of nitrogens with zero attached hydrogens (tertiary/aromatic N) is 2. The molecule has 0 amide bonds. The highest BCUT2D eigenvalue weighted by Crippen LogP contribution is 2.34. The van der Waals surface area contributed by atoms with Gasteiger partial charge in [-0.3, -0.25) is 11.3 Å². The SMILES string of the molecule is COc1cnc(C(NN)C2COC(C)C2)c(OC)n1. The molecule has 0 aromatic carbocycles. The molecule has 3 N–H and O–H groups in total. The monoisotopic (exact) mass is 268 g/mol. The molecule has 0 bridgehead atoms. The zero-order chi connectivity index (χ0) is 13.8. The average Bonchev–Trinajstić information content (AvgIpc) is 2.86.